The number of rotatable bonds is 5. The van der Waals surface area contributed by atoms with Crippen LogP contribution in [0.3, 0.4) is 0 Å². The van der Waals surface area contributed by atoms with E-state index in [0.717, 1.165) is 37.9 Å². The molecule has 1 aromatic rings. The molecule has 1 aliphatic rings. The Morgan fingerprint density at radius 2 is 2.26 bits per heavy atom. The minimum Gasteiger partial charge on any atom is -0.369 e. The molecular weight excluding hydrogens is 240 g/mol. The highest BCUT2D eigenvalue weighted by atomic mass is 16.1. The Morgan fingerprint density at radius 3 is 2.95 bits per heavy atom. The van der Waals surface area contributed by atoms with Crippen molar-refractivity contribution in [3.63, 3.8) is 0 Å². The summed E-state index contributed by atoms with van der Waals surface area (Å²) in [7, 11) is 1.94. The Morgan fingerprint density at radius 1 is 1.53 bits per heavy atom. The Bertz CT molecular complexity index is 441. The van der Waals surface area contributed by atoms with Crippen LogP contribution in [0.1, 0.15) is 43.9 Å². The van der Waals surface area contributed by atoms with Crippen molar-refractivity contribution < 1.29 is 4.79 Å². The van der Waals surface area contributed by atoms with Crippen LogP contribution in [-0.2, 0) is 24.8 Å². The van der Waals surface area contributed by atoms with E-state index in [1.54, 1.807) is 0 Å². The lowest BCUT2D eigenvalue weighted by Crippen LogP contribution is -2.44. The van der Waals surface area contributed by atoms with Gasteiger partial charge in [-0.1, -0.05) is 19.8 Å². The molecule has 19 heavy (non-hydrogen) atoms. The van der Waals surface area contributed by atoms with Crippen molar-refractivity contribution in [3.05, 3.63) is 17.5 Å². The highest BCUT2D eigenvalue weighted by Gasteiger charge is 2.29. The summed E-state index contributed by atoms with van der Waals surface area (Å²) in [6, 6.07) is 0.219. The van der Waals surface area contributed by atoms with E-state index < -0.39 is 0 Å². The smallest absolute Gasteiger partial charge is 0.222 e. The summed E-state index contributed by atoms with van der Waals surface area (Å²) >= 11 is 0. The molecule has 2 atom stereocenters. The van der Waals surface area contributed by atoms with Gasteiger partial charge >= 0.3 is 0 Å². The van der Waals surface area contributed by atoms with Gasteiger partial charge in [-0.05, 0) is 19.3 Å². The Labute approximate surface area is 114 Å². The number of aryl methyl sites for hydroxylation is 2. The zero-order valence-electron chi connectivity index (χ0n) is 11.9. The summed E-state index contributed by atoms with van der Waals surface area (Å²) in [6.45, 7) is 2.88. The van der Waals surface area contributed by atoms with Gasteiger partial charge in [0, 0.05) is 31.4 Å². The van der Waals surface area contributed by atoms with Gasteiger partial charge in [0.1, 0.15) is 0 Å². The average molecular weight is 264 g/mol. The van der Waals surface area contributed by atoms with Crippen LogP contribution < -0.4 is 11.1 Å². The molecule has 1 fully saturated rings. The highest BCUT2D eigenvalue weighted by Crippen LogP contribution is 2.24. The van der Waals surface area contributed by atoms with E-state index in [4.69, 9.17) is 5.73 Å². The highest BCUT2D eigenvalue weighted by molar-refractivity contribution is 5.77. The first-order chi connectivity index (χ1) is 9.11. The van der Waals surface area contributed by atoms with Gasteiger partial charge in [-0.3, -0.25) is 9.48 Å². The molecule has 1 aliphatic carbocycles. The van der Waals surface area contributed by atoms with Crippen LogP contribution in [0.2, 0.25) is 0 Å². The minimum absolute atomic E-state index is 0.0181. The van der Waals surface area contributed by atoms with Crippen LogP contribution >= 0.6 is 0 Å². The van der Waals surface area contributed by atoms with Crippen LogP contribution in [0.25, 0.3) is 0 Å². The normalized spacial score (nSPS) is 23.5. The number of nitrogens with zero attached hydrogens (tertiary/aromatic N) is 2. The number of hydrogen-bond acceptors (Lipinski definition) is 3. The predicted octanol–water partition coefficient (Wildman–Crippen LogP) is 1.12. The van der Waals surface area contributed by atoms with Gasteiger partial charge in [0.25, 0.3) is 0 Å². The molecule has 5 nitrogen and oxygen atoms in total. The third kappa shape index (κ3) is 3.35. The van der Waals surface area contributed by atoms with E-state index in [1.807, 2.05) is 17.9 Å². The van der Waals surface area contributed by atoms with E-state index >= 15 is 0 Å². The molecule has 0 spiro atoms. The minimum atomic E-state index is -0.167. The van der Waals surface area contributed by atoms with Gasteiger partial charge in [0.2, 0.25) is 5.91 Å². The molecule has 0 aromatic carbocycles. The molecule has 3 N–H and O–H groups in total. The lowest BCUT2D eigenvalue weighted by molar-refractivity contribution is -0.123. The summed E-state index contributed by atoms with van der Waals surface area (Å²) < 4.78 is 1.85. The molecule has 1 aromatic heterocycles. The number of amides is 1. The average Bonchev–Trinajstić information content (AvgIpc) is 2.77. The Kier molecular flexibility index (Phi) is 4.58. The van der Waals surface area contributed by atoms with Crippen molar-refractivity contribution >= 4 is 5.91 Å². The number of nitrogens with two attached hydrogens (primary N) is 1. The van der Waals surface area contributed by atoms with Crippen molar-refractivity contribution in [3.8, 4) is 0 Å². The number of carbonyl (C=O) groups excluding carboxylic acids is 1. The zero-order valence-corrected chi connectivity index (χ0v) is 11.9. The molecule has 1 saturated carbocycles. The van der Waals surface area contributed by atoms with Gasteiger partial charge in [0.05, 0.1) is 11.6 Å². The predicted molar refractivity (Wildman–Crippen MR) is 74.4 cm³/mol. The maximum absolute atomic E-state index is 11.5. The summed E-state index contributed by atoms with van der Waals surface area (Å²) in [5.74, 6) is -0.186. The van der Waals surface area contributed by atoms with Crippen molar-refractivity contribution in [2.24, 2.45) is 18.7 Å². The topological polar surface area (TPSA) is 72.9 Å². The zero-order chi connectivity index (χ0) is 13.8. The fourth-order valence-electron chi connectivity index (χ4n) is 2.99. The molecule has 0 aliphatic heterocycles. The standard InChI is InChI=1S/C14H24N4O/c1-3-12-10(9-18(2)17-12)8-16-13-7-5-4-6-11(13)14(15)19/h9,11,13,16H,3-8H2,1-2H3,(H2,15,19). The van der Waals surface area contributed by atoms with Crippen molar-refractivity contribution in [1.82, 2.24) is 15.1 Å². The second-order valence-electron chi connectivity index (χ2n) is 5.41. The maximum atomic E-state index is 11.5. The molecule has 5 heteroatoms. The number of aromatic nitrogens is 2. The fourth-order valence-corrected chi connectivity index (χ4v) is 2.99. The van der Waals surface area contributed by atoms with Gasteiger partial charge in [-0.15, -0.1) is 0 Å². The van der Waals surface area contributed by atoms with E-state index in [1.165, 1.54) is 12.0 Å². The van der Waals surface area contributed by atoms with Gasteiger partial charge < -0.3 is 11.1 Å². The third-order valence-corrected chi connectivity index (χ3v) is 4.01. The van der Waals surface area contributed by atoms with E-state index in [0.29, 0.717) is 0 Å². The van der Waals surface area contributed by atoms with Crippen molar-refractivity contribution in [2.75, 3.05) is 0 Å². The summed E-state index contributed by atoms with van der Waals surface area (Å²) in [4.78, 5) is 11.5. The van der Waals surface area contributed by atoms with Crippen LogP contribution in [0.5, 0.6) is 0 Å². The second kappa shape index (κ2) is 6.19. The lowest BCUT2D eigenvalue weighted by Gasteiger charge is -2.30. The summed E-state index contributed by atoms with van der Waals surface area (Å²) in [5.41, 5.74) is 7.84. The third-order valence-electron chi connectivity index (χ3n) is 4.01. The monoisotopic (exact) mass is 264 g/mol. The van der Waals surface area contributed by atoms with E-state index in [-0.39, 0.29) is 17.9 Å². The van der Waals surface area contributed by atoms with E-state index in [9.17, 15) is 4.79 Å². The number of carbonyl (C=O) groups is 1. The molecule has 0 radical (unpaired) electrons. The first-order valence-electron chi connectivity index (χ1n) is 7.16. The second-order valence-corrected chi connectivity index (χ2v) is 5.41. The summed E-state index contributed by atoms with van der Waals surface area (Å²) in [6.07, 6.45) is 7.22. The van der Waals surface area contributed by atoms with Gasteiger partial charge in [0.15, 0.2) is 0 Å². The van der Waals surface area contributed by atoms with Crippen LogP contribution in [0.15, 0.2) is 6.20 Å². The maximum Gasteiger partial charge on any atom is 0.222 e. The van der Waals surface area contributed by atoms with E-state index in [2.05, 4.69) is 17.3 Å². The Balaban J connectivity index is 1.98. The molecule has 2 unspecified atom stereocenters. The SMILES string of the molecule is CCc1nn(C)cc1CNC1CCCCC1C(N)=O. The molecule has 0 saturated heterocycles. The van der Waals surface area contributed by atoms with Crippen LogP contribution in [0, 0.1) is 5.92 Å². The largest absolute Gasteiger partial charge is 0.369 e. The van der Waals surface area contributed by atoms with Crippen LogP contribution in [0.4, 0.5) is 0 Å². The van der Waals surface area contributed by atoms with Crippen LogP contribution in [-0.4, -0.2) is 21.7 Å². The quantitative estimate of drug-likeness (QED) is 0.837. The number of primary amides is 1. The van der Waals surface area contributed by atoms with Crippen molar-refractivity contribution in [1.29, 1.82) is 0 Å². The van der Waals surface area contributed by atoms with Crippen molar-refractivity contribution in [2.45, 2.75) is 51.6 Å². The number of nitrogens with one attached hydrogen (secondary N) is 1. The first-order valence-corrected chi connectivity index (χ1v) is 7.16. The first kappa shape index (κ1) is 14.1. The molecule has 2 rings (SSSR count). The fraction of sp³-hybridized carbons (Fsp3) is 0.714. The van der Waals surface area contributed by atoms with Gasteiger partial charge in [-0.25, -0.2) is 0 Å². The molecule has 0 bridgehead atoms. The number of hydrogen-bond donors (Lipinski definition) is 2. The molecular formula is C14H24N4O. The molecule has 1 amide bonds. The lowest BCUT2D eigenvalue weighted by atomic mass is 9.84. The molecule has 1 heterocycles. The Hall–Kier alpha value is -1.36. The van der Waals surface area contributed by atoms with Gasteiger partial charge in [-0.2, -0.15) is 5.10 Å². The summed E-state index contributed by atoms with van der Waals surface area (Å²) in [5, 5.41) is 7.94. The molecule has 106 valence electrons.